The van der Waals surface area contributed by atoms with Crippen molar-refractivity contribution in [3.63, 3.8) is 0 Å². The first-order chi connectivity index (χ1) is 12.7. The molecule has 26 heavy (non-hydrogen) atoms. The van der Waals surface area contributed by atoms with Gasteiger partial charge in [-0.15, -0.1) is 0 Å². The molecule has 3 unspecified atom stereocenters. The normalized spacial score (nSPS) is 25.9. The molecule has 2 fully saturated rings. The lowest BCUT2D eigenvalue weighted by atomic mass is 9.85. The molecule has 1 aliphatic heterocycles. The highest BCUT2D eigenvalue weighted by Crippen LogP contribution is 2.39. The Kier molecular flexibility index (Phi) is 5.11. The average molecular weight is 353 g/mol. The van der Waals surface area contributed by atoms with E-state index in [0.29, 0.717) is 18.6 Å². The molecule has 0 radical (unpaired) electrons. The van der Waals surface area contributed by atoms with E-state index in [1.165, 1.54) is 30.0 Å². The first-order valence-electron chi connectivity index (χ1n) is 9.82. The first kappa shape index (κ1) is 17.3. The van der Waals surface area contributed by atoms with E-state index in [0.717, 1.165) is 31.6 Å². The predicted octanol–water partition coefficient (Wildman–Crippen LogP) is 4.33. The smallest absolute Gasteiger partial charge is 0.320 e. The molecule has 0 aromatic heterocycles. The van der Waals surface area contributed by atoms with Gasteiger partial charge >= 0.3 is 5.97 Å². The van der Waals surface area contributed by atoms with Gasteiger partial charge in [0.25, 0.3) is 0 Å². The third-order valence-corrected chi connectivity index (χ3v) is 6.06. The second-order valence-corrected chi connectivity index (χ2v) is 7.65. The summed E-state index contributed by atoms with van der Waals surface area (Å²) in [6.45, 7) is 1.43. The van der Waals surface area contributed by atoms with E-state index in [4.69, 9.17) is 4.74 Å². The molecule has 2 aliphatic rings. The average Bonchev–Trinajstić information content (AvgIpc) is 3.04. The molecule has 4 heteroatoms. The number of hydrogen-bond acceptors (Lipinski definition) is 3. The SMILES string of the molecule is O=C(O)C1CC2CCCCC2N1CCCOc1ccc2ccccc2c1. The number of nitrogens with zero attached hydrogens (tertiary/aromatic N) is 1. The van der Waals surface area contributed by atoms with Crippen LogP contribution in [0.2, 0.25) is 0 Å². The number of rotatable bonds is 6. The number of aliphatic carboxylic acids is 1. The number of hydrogen-bond donors (Lipinski definition) is 1. The second kappa shape index (κ2) is 7.67. The van der Waals surface area contributed by atoms with Crippen LogP contribution in [0.25, 0.3) is 10.8 Å². The summed E-state index contributed by atoms with van der Waals surface area (Å²) < 4.78 is 5.93. The van der Waals surface area contributed by atoms with Gasteiger partial charge < -0.3 is 9.84 Å². The van der Waals surface area contributed by atoms with Gasteiger partial charge in [-0.25, -0.2) is 0 Å². The predicted molar refractivity (Wildman–Crippen MR) is 103 cm³/mol. The molecule has 1 N–H and O–H groups in total. The van der Waals surface area contributed by atoms with Crippen LogP contribution < -0.4 is 4.74 Å². The molecular formula is C22H27NO3. The van der Waals surface area contributed by atoms with Crippen LogP contribution in [0.15, 0.2) is 42.5 Å². The Morgan fingerprint density at radius 3 is 2.77 bits per heavy atom. The number of benzene rings is 2. The molecule has 0 spiro atoms. The van der Waals surface area contributed by atoms with E-state index in [1.807, 2.05) is 18.2 Å². The lowest BCUT2D eigenvalue weighted by molar-refractivity contribution is -0.142. The van der Waals surface area contributed by atoms with Crippen LogP contribution in [0.1, 0.15) is 38.5 Å². The first-order valence-corrected chi connectivity index (χ1v) is 9.82. The highest BCUT2D eigenvalue weighted by Gasteiger charge is 2.44. The van der Waals surface area contributed by atoms with Crippen LogP contribution in [0, 0.1) is 5.92 Å². The number of carboxylic acid groups (broad SMARTS) is 1. The van der Waals surface area contributed by atoms with Gasteiger partial charge in [0.15, 0.2) is 0 Å². The van der Waals surface area contributed by atoms with Crippen molar-refractivity contribution < 1.29 is 14.6 Å². The van der Waals surface area contributed by atoms with Crippen LogP contribution in [-0.4, -0.2) is 41.2 Å². The molecular weight excluding hydrogens is 326 g/mol. The lowest BCUT2D eigenvalue weighted by Crippen LogP contribution is -2.43. The molecule has 1 saturated heterocycles. The van der Waals surface area contributed by atoms with Crippen LogP contribution in [-0.2, 0) is 4.79 Å². The van der Waals surface area contributed by atoms with Gasteiger partial charge in [-0.05, 0) is 54.5 Å². The number of fused-ring (bicyclic) bond motifs is 2. The van der Waals surface area contributed by atoms with Crippen LogP contribution in [0.4, 0.5) is 0 Å². The van der Waals surface area contributed by atoms with E-state index in [1.54, 1.807) is 0 Å². The minimum absolute atomic E-state index is 0.302. The van der Waals surface area contributed by atoms with Crippen molar-refractivity contribution in [1.82, 2.24) is 4.90 Å². The Morgan fingerprint density at radius 1 is 1.12 bits per heavy atom. The van der Waals surface area contributed by atoms with Crippen LogP contribution in [0.5, 0.6) is 5.75 Å². The van der Waals surface area contributed by atoms with Crippen LogP contribution in [0.3, 0.4) is 0 Å². The lowest BCUT2D eigenvalue weighted by Gasteiger charge is -2.32. The van der Waals surface area contributed by atoms with E-state index < -0.39 is 5.97 Å². The van der Waals surface area contributed by atoms with Crippen molar-refractivity contribution >= 4 is 16.7 Å². The third kappa shape index (κ3) is 3.56. The number of ether oxygens (including phenoxy) is 1. The van der Waals surface area contributed by atoms with Gasteiger partial charge in [-0.3, -0.25) is 9.69 Å². The summed E-state index contributed by atoms with van der Waals surface area (Å²) >= 11 is 0. The summed E-state index contributed by atoms with van der Waals surface area (Å²) in [7, 11) is 0. The minimum atomic E-state index is -0.658. The van der Waals surface area contributed by atoms with Crippen molar-refractivity contribution in [2.24, 2.45) is 5.92 Å². The van der Waals surface area contributed by atoms with Gasteiger partial charge in [-0.1, -0.05) is 43.2 Å². The van der Waals surface area contributed by atoms with Crippen molar-refractivity contribution in [1.29, 1.82) is 0 Å². The summed E-state index contributed by atoms with van der Waals surface area (Å²) in [5, 5.41) is 12.0. The van der Waals surface area contributed by atoms with E-state index in [2.05, 4.69) is 29.2 Å². The maximum absolute atomic E-state index is 11.7. The van der Waals surface area contributed by atoms with Crippen molar-refractivity contribution in [3.05, 3.63) is 42.5 Å². The fourth-order valence-corrected chi connectivity index (χ4v) is 4.81. The van der Waals surface area contributed by atoms with E-state index in [-0.39, 0.29) is 6.04 Å². The molecule has 1 heterocycles. The largest absolute Gasteiger partial charge is 0.494 e. The molecule has 0 bridgehead atoms. The van der Waals surface area contributed by atoms with Gasteiger partial charge in [0.05, 0.1) is 6.61 Å². The molecule has 3 atom stereocenters. The summed E-state index contributed by atoms with van der Waals surface area (Å²) in [5.41, 5.74) is 0. The summed E-state index contributed by atoms with van der Waals surface area (Å²) in [5.74, 6) is 0.802. The third-order valence-electron chi connectivity index (χ3n) is 6.06. The molecule has 4 nitrogen and oxygen atoms in total. The summed E-state index contributed by atoms with van der Waals surface area (Å²) in [6, 6.07) is 14.6. The Morgan fingerprint density at radius 2 is 1.92 bits per heavy atom. The number of carbonyl (C=O) groups is 1. The molecule has 1 aliphatic carbocycles. The molecule has 138 valence electrons. The zero-order valence-corrected chi connectivity index (χ0v) is 15.1. The van der Waals surface area contributed by atoms with Gasteiger partial charge in [0, 0.05) is 12.6 Å². The Labute approximate surface area is 154 Å². The molecule has 0 amide bonds. The maximum Gasteiger partial charge on any atom is 0.320 e. The zero-order valence-electron chi connectivity index (χ0n) is 15.1. The Balaban J connectivity index is 1.33. The van der Waals surface area contributed by atoms with Gasteiger partial charge in [-0.2, -0.15) is 0 Å². The van der Waals surface area contributed by atoms with E-state index in [9.17, 15) is 9.90 Å². The highest BCUT2D eigenvalue weighted by molar-refractivity contribution is 5.83. The fraction of sp³-hybridized carbons (Fsp3) is 0.500. The molecule has 1 saturated carbocycles. The van der Waals surface area contributed by atoms with Gasteiger partial charge in [0.2, 0.25) is 0 Å². The fourth-order valence-electron chi connectivity index (χ4n) is 4.81. The number of carboxylic acids is 1. The molecule has 4 rings (SSSR count). The molecule has 2 aromatic rings. The topological polar surface area (TPSA) is 49.8 Å². The highest BCUT2D eigenvalue weighted by atomic mass is 16.5. The monoisotopic (exact) mass is 353 g/mol. The quantitative estimate of drug-likeness (QED) is 0.786. The number of likely N-dealkylation sites (tertiary alicyclic amines) is 1. The van der Waals surface area contributed by atoms with Gasteiger partial charge in [0.1, 0.15) is 11.8 Å². The zero-order chi connectivity index (χ0) is 17.9. The van der Waals surface area contributed by atoms with Crippen molar-refractivity contribution in [3.8, 4) is 5.75 Å². The van der Waals surface area contributed by atoms with E-state index >= 15 is 0 Å². The minimum Gasteiger partial charge on any atom is -0.494 e. The summed E-state index contributed by atoms with van der Waals surface area (Å²) in [6.07, 6.45) is 6.52. The Hall–Kier alpha value is -2.07. The molecule has 2 aromatic carbocycles. The van der Waals surface area contributed by atoms with Crippen LogP contribution >= 0.6 is 0 Å². The second-order valence-electron chi connectivity index (χ2n) is 7.65. The standard InChI is InChI=1S/C22H27NO3/c24-22(25)21-15-18-8-3-4-9-20(18)23(21)12-5-13-26-19-11-10-16-6-1-2-7-17(16)14-19/h1-2,6-7,10-11,14,18,20-21H,3-5,8-9,12-13,15H2,(H,24,25). The maximum atomic E-state index is 11.7. The van der Waals surface area contributed by atoms with Crippen molar-refractivity contribution in [2.45, 2.75) is 50.6 Å². The Bertz CT molecular complexity index is 775. The van der Waals surface area contributed by atoms with Crippen molar-refractivity contribution in [2.75, 3.05) is 13.2 Å². The summed E-state index contributed by atoms with van der Waals surface area (Å²) in [4.78, 5) is 13.9.